The number of aromatic nitrogens is 2. The third-order valence-corrected chi connectivity index (χ3v) is 2.70. The number of hydrogen-bond donors (Lipinski definition) is 3. The summed E-state index contributed by atoms with van der Waals surface area (Å²) in [4.78, 5) is 0. The van der Waals surface area contributed by atoms with Gasteiger partial charge in [-0.25, -0.2) is 0 Å². The van der Waals surface area contributed by atoms with Gasteiger partial charge in [0.25, 0.3) is 0 Å². The van der Waals surface area contributed by atoms with Gasteiger partial charge in [0.15, 0.2) is 0 Å². The van der Waals surface area contributed by atoms with Crippen LogP contribution in [0.1, 0.15) is 62.9 Å². The van der Waals surface area contributed by atoms with Crippen LogP contribution >= 0.6 is 0 Å². The largest absolute Gasteiger partial charge is 0.388 e. The van der Waals surface area contributed by atoms with Crippen molar-refractivity contribution in [1.29, 1.82) is 5.41 Å². The number of amidine groups is 1. The van der Waals surface area contributed by atoms with E-state index in [4.69, 9.17) is 11.1 Å². The second-order valence-corrected chi connectivity index (χ2v) is 4.84. The molecule has 0 spiro atoms. The maximum Gasteiger partial charge on any atom is 0.0908 e. The van der Waals surface area contributed by atoms with Crippen LogP contribution in [0.25, 0.3) is 0 Å². The minimum absolute atomic E-state index is 0.241. The lowest BCUT2D eigenvalue weighted by Crippen LogP contribution is -2.11. The number of nitrogens with two attached hydrogens (primary N) is 1. The van der Waals surface area contributed by atoms with Crippen molar-refractivity contribution in [3.05, 3.63) is 17.0 Å². The van der Waals surface area contributed by atoms with Gasteiger partial charge in [-0.2, -0.15) is 5.10 Å². The van der Waals surface area contributed by atoms with Gasteiger partial charge in [-0.1, -0.05) is 27.7 Å². The number of nitrogens with one attached hydrogen (secondary N) is 2. The Labute approximate surface area is 97.1 Å². The Morgan fingerprint density at radius 2 is 1.94 bits per heavy atom. The summed E-state index contributed by atoms with van der Waals surface area (Å²) in [5, 5.41) is 14.8. The zero-order valence-corrected chi connectivity index (χ0v) is 10.6. The van der Waals surface area contributed by atoms with Crippen molar-refractivity contribution in [2.45, 2.75) is 52.4 Å². The van der Waals surface area contributed by atoms with Gasteiger partial charge in [-0.15, -0.1) is 0 Å². The van der Waals surface area contributed by atoms with Crippen molar-refractivity contribution >= 4 is 5.84 Å². The highest BCUT2D eigenvalue weighted by Crippen LogP contribution is 2.26. The van der Waals surface area contributed by atoms with Crippen LogP contribution in [0, 0.1) is 5.41 Å². The lowest BCUT2D eigenvalue weighted by Gasteiger charge is -2.09. The Kier molecular flexibility index (Phi) is 4.10. The monoisotopic (exact) mass is 222 g/mol. The summed E-state index contributed by atoms with van der Waals surface area (Å²) >= 11 is 0. The van der Waals surface area contributed by atoms with Crippen LogP contribution in [0.15, 0.2) is 0 Å². The number of rotatable bonds is 5. The van der Waals surface area contributed by atoms with Crippen molar-refractivity contribution in [3.63, 3.8) is 0 Å². The molecule has 0 saturated carbocycles. The summed E-state index contributed by atoms with van der Waals surface area (Å²) < 4.78 is 0. The van der Waals surface area contributed by atoms with Crippen LogP contribution in [0.4, 0.5) is 0 Å². The number of aromatic amines is 1. The van der Waals surface area contributed by atoms with Crippen molar-refractivity contribution in [3.8, 4) is 0 Å². The summed E-state index contributed by atoms with van der Waals surface area (Å²) in [6.07, 6.45) is 1.42. The van der Waals surface area contributed by atoms with E-state index < -0.39 is 0 Å². The maximum absolute atomic E-state index is 7.30. The topological polar surface area (TPSA) is 78.5 Å². The van der Waals surface area contributed by atoms with E-state index in [2.05, 4.69) is 37.9 Å². The maximum atomic E-state index is 7.30. The number of nitrogens with zero attached hydrogens (tertiary/aromatic N) is 1. The molecule has 0 aliphatic carbocycles. The highest BCUT2D eigenvalue weighted by molar-refractivity contribution is 5.77. The average Bonchev–Trinajstić information content (AvgIpc) is 2.57. The Bertz CT molecular complexity index is 338. The second-order valence-electron chi connectivity index (χ2n) is 4.84. The summed E-state index contributed by atoms with van der Waals surface area (Å²) in [6.45, 7) is 8.57. The van der Waals surface area contributed by atoms with E-state index in [1.807, 2.05) is 0 Å². The first-order chi connectivity index (χ1) is 7.43. The Balaban J connectivity index is 2.99. The average molecular weight is 222 g/mol. The molecule has 1 rings (SSSR count). The molecular formula is C12H22N4. The molecule has 0 aromatic carbocycles. The molecule has 0 atom stereocenters. The molecule has 0 unspecified atom stereocenters. The van der Waals surface area contributed by atoms with Gasteiger partial charge < -0.3 is 5.73 Å². The molecule has 1 heterocycles. The highest BCUT2D eigenvalue weighted by atomic mass is 15.1. The van der Waals surface area contributed by atoms with Crippen molar-refractivity contribution < 1.29 is 0 Å². The Morgan fingerprint density at radius 1 is 1.31 bits per heavy atom. The minimum Gasteiger partial charge on any atom is -0.388 e. The van der Waals surface area contributed by atoms with Gasteiger partial charge in [0.1, 0.15) is 0 Å². The van der Waals surface area contributed by atoms with Crippen molar-refractivity contribution in [2.75, 3.05) is 0 Å². The summed E-state index contributed by atoms with van der Waals surface area (Å²) in [5.74, 6) is 1.08. The predicted octanol–water partition coefficient (Wildman–Crippen LogP) is 2.53. The van der Waals surface area contributed by atoms with Gasteiger partial charge in [-0.3, -0.25) is 10.5 Å². The first-order valence-electron chi connectivity index (χ1n) is 5.83. The lowest BCUT2D eigenvalue weighted by atomic mass is 9.95. The highest BCUT2D eigenvalue weighted by Gasteiger charge is 2.17. The molecule has 4 nitrogen and oxygen atoms in total. The third-order valence-electron chi connectivity index (χ3n) is 2.70. The van der Waals surface area contributed by atoms with Crippen molar-refractivity contribution in [1.82, 2.24) is 10.2 Å². The summed E-state index contributed by atoms with van der Waals surface area (Å²) in [7, 11) is 0. The Morgan fingerprint density at radius 3 is 2.38 bits per heavy atom. The molecule has 4 heteroatoms. The molecule has 4 N–H and O–H groups in total. The van der Waals surface area contributed by atoms with Crippen LogP contribution in [-0.4, -0.2) is 16.0 Å². The number of hydrogen-bond acceptors (Lipinski definition) is 2. The van der Waals surface area contributed by atoms with E-state index in [1.165, 1.54) is 11.3 Å². The first kappa shape index (κ1) is 12.7. The molecule has 0 bridgehead atoms. The summed E-state index contributed by atoms with van der Waals surface area (Å²) in [5.41, 5.74) is 8.97. The van der Waals surface area contributed by atoms with E-state index in [0.29, 0.717) is 18.3 Å². The molecule has 0 saturated heterocycles. The van der Waals surface area contributed by atoms with Crippen LogP contribution in [0.5, 0.6) is 0 Å². The molecule has 0 aliphatic heterocycles. The third kappa shape index (κ3) is 2.84. The molecule has 0 radical (unpaired) electrons. The fourth-order valence-corrected chi connectivity index (χ4v) is 1.87. The predicted molar refractivity (Wildman–Crippen MR) is 67.0 cm³/mol. The molecule has 16 heavy (non-hydrogen) atoms. The molecular weight excluding hydrogens is 200 g/mol. The smallest absolute Gasteiger partial charge is 0.0908 e. The zero-order chi connectivity index (χ0) is 12.3. The molecule has 0 amide bonds. The van der Waals surface area contributed by atoms with Crippen LogP contribution in [0.2, 0.25) is 0 Å². The fraction of sp³-hybridized carbons (Fsp3) is 0.667. The summed E-state index contributed by atoms with van der Waals surface area (Å²) in [6, 6.07) is 0. The molecule has 0 aliphatic rings. The van der Waals surface area contributed by atoms with E-state index in [-0.39, 0.29) is 5.84 Å². The quantitative estimate of drug-likeness (QED) is 0.528. The van der Waals surface area contributed by atoms with Crippen LogP contribution in [0.3, 0.4) is 0 Å². The Hall–Kier alpha value is -1.32. The van der Waals surface area contributed by atoms with E-state index in [0.717, 1.165) is 12.1 Å². The number of H-pyrrole nitrogens is 1. The molecule has 1 aromatic heterocycles. The van der Waals surface area contributed by atoms with E-state index in [1.54, 1.807) is 0 Å². The van der Waals surface area contributed by atoms with Gasteiger partial charge in [0.2, 0.25) is 0 Å². The lowest BCUT2D eigenvalue weighted by molar-refractivity contribution is 0.791. The van der Waals surface area contributed by atoms with Gasteiger partial charge >= 0.3 is 0 Å². The SMILES string of the molecule is CC(C)c1n[nH]c(C(C)C)c1CCC(=N)N. The minimum atomic E-state index is 0.241. The molecule has 1 aromatic rings. The van der Waals surface area contributed by atoms with Gasteiger partial charge in [0, 0.05) is 12.1 Å². The van der Waals surface area contributed by atoms with E-state index >= 15 is 0 Å². The van der Waals surface area contributed by atoms with Crippen molar-refractivity contribution in [2.24, 2.45) is 5.73 Å². The van der Waals surface area contributed by atoms with Gasteiger partial charge in [-0.05, 0) is 23.8 Å². The molecule has 0 fully saturated rings. The van der Waals surface area contributed by atoms with Crippen LogP contribution < -0.4 is 5.73 Å². The second kappa shape index (κ2) is 5.14. The van der Waals surface area contributed by atoms with E-state index in [9.17, 15) is 0 Å². The molecule has 90 valence electrons. The first-order valence-corrected chi connectivity index (χ1v) is 5.83. The zero-order valence-electron chi connectivity index (χ0n) is 10.6. The van der Waals surface area contributed by atoms with Gasteiger partial charge in [0.05, 0.1) is 11.5 Å². The standard InChI is InChI=1S/C12H22N4/c1-7(2)11-9(5-6-10(13)14)12(8(3)4)16-15-11/h7-8H,5-6H2,1-4H3,(H3,13,14)(H,15,16). The fourth-order valence-electron chi connectivity index (χ4n) is 1.87. The van der Waals surface area contributed by atoms with Crippen LogP contribution in [-0.2, 0) is 6.42 Å². The normalized spacial score (nSPS) is 11.4.